The van der Waals surface area contributed by atoms with E-state index in [1.165, 1.54) is 30.4 Å². The summed E-state index contributed by atoms with van der Waals surface area (Å²) in [6.45, 7) is 0.289. The zero-order chi connectivity index (χ0) is 22.8. The second kappa shape index (κ2) is 8.61. The average molecular weight is 460 g/mol. The fourth-order valence-electron chi connectivity index (χ4n) is 3.29. The molecular weight excluding hydrogens is 441 g/mol. The number of carbonyl (C=O) groups excluding carboxylic acids is 2. The van der Waals surface area contributed by atoms with Gasteiger partial charge in [-0.1, -0.05) is 0 Å². The van der Waals surface area contributed by atoms with Crippen molar-refractivity contribution in [1.29, 1.82) is 0 Å². The molecule has 1 aliphatic rings. The van der Waals surface area contributed by atoms with E-state index in [-0.39, 0.29) is 23.7 Å². The number of methoxy groups -OCH3 is 1. The summed E-state index contributed by atoms with van der Waals surface area (Å²) in [5.74, 6) is -1.16. The van der Waals surface area contributed by atoms with Crippen LogP contribution in [0.4, 0.5) is 18.9 Å². The van der Waals surface area contributed by atoms with Crippen molar-refractivity contribution in [3.8, 4) is 5.75 Å². The molecule has 8 nitrogen and oxygen atoms in total. The minimum Gasteiger partial charge on any atom is -0.495 e. The molecule has 1 atom stereocenters. The summed E-state index contributed by atoms with van der Waals surface area (Å²) in [7, 11) is -4.40. The van der Waals surface area contributed by atoms with Gasteiger partial charge in [0.25, 0.3) is 15.7 Å². The second-order valence-electron chi connectivity index (χ2n) is 6.79. The van der Waals surface area contributed by atoms with Crippen molar-refractivity contribution >= 4 is 27.3 Å². The van der Waals surface area contributed by atoms with Crippen molar-refractivity contribution in [1.82, 2.24) is 4.90 Å². The summed E-state index contributed by atoms with van der Waals surface area (Å²) in [4.78, 5) is 25.9. The molecule has 0 radical (unpaired) electrons. The number of furan rings is 1. The Balaban J connectivity index is 1.89. The second-order valence-corrected chi connectivity index (χ2v) is 8.73. The van der Waals surface area contributed by atoms with E-state index in [9.17, 15) is 31.2 Å². The largest absolute Gasteiger partial charge is 0.501 e. The quantitative estimate of drug-likeness (QED) is 0.735. The standard InChI is InChI=1S/C19H19F3N2O6S/c1-29-15-8-7-12(31(27,28)19(20,21)22)11-13(15)23-17(25)14-5-2-3-9-24(14)18(26)16-6-4-10-30-16/h4,6-8,10-11,14H,2-3,5,9H2,1H3,(H,23,25). The highest BCUT2D eigenvalue weighted by Crippen LogP contribution is 2.35. The van der Waals surface area contributed by atoms with E-state index in [0.717, 1.165) is 12.1 Å². The molecule has 1 N–H and O–H groups in total. The van der Waals surface area contributed by atoms with Gasteiger partial charge in [-0.15, -0.1) is 0 Å². The molecule has 31 heavy (non-hydrogen) atoms. The Morgan fingerprint density at radius 3 is 2.58 bits per heavy atom. The van der Waals surface area contributed by atoms with Crippen LogP contribution >= 0.6 is 0 Å². The third-order valence-corrected chi connectivity index (χ3v) is 6.33. The van der Waals surface area contributed by atoms with Gasteiger partial charge in [0.15, 0.2) is 5.76 Å². The van der Waals surface area contributed by atoms with Crippen LogP contribution in [0.3, 0.4) is 0 Å². The monoisotopic (exact) mass is 460 g/mol. The highest BCUT2D eigenvalue weighted by Gasteiger charge is 2.47. The fourth-order valence-corrected chi connectivity index (χ4v) is 4.08. The van der Waals surface area contributed by atoms with Gasteiger partial charge in [-0.05, 0) is 49.6 Å². The topological polar surface area (TPSA) is 106 Å². The number of nitrogens with one attached hydrogen (secondary N) is 1. The first kappa shape index (κ1) is 22.7. The van der Waals surface area contributed by atoms with Gasteiger partial charge >= 0.3 is 5.51 Å². The van der Waals surface area contributed by atoms with Gasteiger partial charge in [-0.3, -0.25) is 9.59 Å². The number of benzene rings is 1. The first-order valence-corrected chi connectivity index (χ1v) is 10.7. The van der Waals surface area contributed by atoms with E-state index in [1.54, 1.807) is 0 Å². The zero-order valence-corrected chi connectivity index (χ0v) is 17.1. The number of carbonyl (C=O) groups is 2. The molecule has 0 spiro atoms. The predicted molar refractivity (Wildman–Crippen MR) is 102 cm³/mol. The highest BCUT2D eigenvalue weighted by molar-refractivity contribution is 7.92. The first-order valence-electron chi connectivity index (χ1n) is 9.21. The molecule has 12 heteroatoms. The van der Waals surface area contributed by atoms with Crippen molar-refractivity contribution in [2.75, 3.05) is 19.0 Å². The number of rotatable bonds is 5. The molecule has 2 heterocycles. The molecule has 0 bridgehead atoms. The summed E-state index contributed by atoms with van der Waals surface area (Å²) >= 11 is 0. The maximum atomic E-state index is 12.9. The Morgan fingerprint density at radius 2 is 1.97 bits per heavy atom. The summed E-state index contributed by atoms with van der Waals surface area (Å²) in [5.41, 5.74) is -5.76. The van der Waals surface area contributed by atoms with Crippen LogP contribution in [0.15, 0.2) is 45.9 Å². The number of hydrogen-bond donors (Lipinski definition) is 1. The zero-order valence-electron chi connectivity index (χ0n) is 16.3. The smallest absolute Gasteiger partial charge is 0.495 e. The van der Waals surface area contributed by atoms with Gasteiger partial charge in [-0.25, -0.2) is 8.42 Å². The third-order valence-electron chi connectivity index (χ3n) is 4.84. The summed E-state index contributed by atoms with van der Waals surface area (Å²) in [5, 5.41) is 2.41. The molecule has 1 saturated heterocycles. The van der Waals surface area contributed by atoms with E-state index in [1.807, 2.05) is 0 Å². The predicted octanol–water partition coefficient (Wildman–Crippen LogP) is 3.22. The molecule has 1 aromatic carbocycles. The lowest BCUT2D eigenvalue weighted by Gasteiger charge is -2.34. The van der Waals surface area contributed by atoms with Crippen LogP contribution in [0.5, 0.6) is 5.75 Å². The molecule has 168 valence electrons. The number of ether oxygens (including phenoxy) is 1. The molecule has 2 aromatic rings. The minimum absolute atomic E-state index is 0.0332. The maximum Gasteiger partial charge on any atom is 0.501 e. The Bertz CT molecular complexity index is 1070. The average Bonchev–Trinajstić information content (AvgIpc) is 3.27. The minimum atomic E-state index is -5.62. The van der Waals surface area contributed by atoms with Gasteiger partial charge < -0.3 is 19.4 Å². The lowest BCUT2D eigenvalue weighted by molar-refractivity contribution is -0.121. The molecular formula is C19H19F3N2O6S. The fraction of sp³-hybridized carbons (Fsp3) is 0.368. The van der Waals surface area contributed by atoms with E-state index in [4.69, 9.17) is 9.15 Å². The Hall–Kier alpha value is -3.02. The summed E-state index contributed by atoms with van der Waals surface area (Å²) < 4.78 is 72.3. The number of halogens is 3. The van der Waals surface area contributed by atoms with Crippen LogP contribution in [-0.4, -0.2) is 50.3 Å². The van der Waals surface area contributed by atoms with Crippen molar-refractivity contribution in [3.05, 3.63) is 42.4 Å². The van der Waals surface area contributed by atoms with Gasteiger partial charge in [-0.2, -0.15) is 13.2 Å². The number of piperidine rings is 1. The van der Waals surface area contributed by atoms with Crippen LogP contribution in [0.25, 0.3) is 0 Å². The number of likely N-dealkylation sites (tertiary alicyclic amines) is 1. The van der Waals surface area contributed by atoms with Crippen molar-refractivity contribution in [3.63, 3.8) is 0 Å². The van der Waals surface area contributed by atoms with Crippen LogP contribution in [0.1, 0.15) is 29.8 Å². The molecule has 1 aromatic heterocycles. The van der Waals surface area contributed by atoms with Crippen LogP contribution in [0.2, 0.25) is 0 Å². The first-order chi connectivity index (χ1) is 14.6. The SMILES string of the molecule is COc1ccc(S(=O)(=O)C(F)(F)F)cc1NC(=O)C1CCCCN1C(=O)c1ccco1. The Labute approximate surface area is 175 Å². The van der Waals surface area contributed by atoms with Gasteiger partial charge in [0.05, 0.1) is 24.0 Å². The van der Waals surface area contributed by atoms with Gasteiger partial charge in [0, 0.05) is 6.54 Å². The molecule has 1 unspecified atom stereocenters. The number of anilines is 1. The van der Waals surface area contributed by atoms with Crippen LogP contribution < -0.4 is 10.1 Å². The van der Waals surface area contributed by atoms with Crippen molar-refractivity contribution in [2.24, 2.45) is 0 Å². The lowest BCUT2D eigenvalue weighted by atomic mass is 10.0. The number of amides is 2. The molecule has 1 aliphatic heterocycles. The van der Waals surface area contributed by atoms with E-state index >= 15 is 0 Å². The van der Waals surface area contributed by atoms with E-state index < -0.39 is 38.1 Å². The molecule has 0 aliphatic carbocycles. The Morgan fingerprint density at radius 1 is 1.23 bits per heavy atom. The van der Waals surface area contributed by atoms with Crippen molar-refractivity contribution in [2.45, 2.75) is 35.7 Å². The maximum absolute atomic E-state index is 12.9. The third kappa shape index (κ3) is 4.53. The molecule has 0 saturated carbocycles. The number of alkyl halides is 3. The van der Waals surface area contributed by atoms with Crippen LogP contribution in [-0.2, 0) is 14.6 Å². The summed E-state index contributed by atoms with van der Waals surface area (Å²) in [6.07, 6.45) is 2.96. The van der Waals surface area contributed by atoms with E-state index in [2.05, 4.69) is 5.32 Å². The number of sulfone groups is 1. The van der Waals surface area contributed by atoms with Gasteiger partial charge in [0.1, 0.15) is 11.8 Å². The Kier molecular flexibility index (Phi) is 6.30. The molecule has 2 amide bonds. The van der Waals surface area contributed by atoms with E-state index in [0.29, 0.717) is 25.3 Å². The molecule has 3 rings (SSSR count). The lowest BCUT2D eigenvalue weighted by Crippen LogP contribution is -2.50. The van der Waals surface area contributed by atoms with Gasteiger partial charge in [0.2, 0.25) is 5.91 Å². The normalized spacial score (nSPS) is 17.3. The van der Waals surface area contributed by atoms with Crippen LogP contribution in [0, 0.1) is 0 Å². The number of nitrogens with zero attached hydrogens (tertiary/aromatic N) is 1. The molecule has 1 fully saturated rings. The van der Waals surface area contributed by atoms with Crippen molar-refractivity contribution < 1.29 is 40.3 Å². The summed E-state index contributed by atoms with van der Waals surface area (Å²) in [6, 6.07) is 4.51. The highest BCUT2D eigenvalue weighted by atomic mass is 32.2. The number of hydrogen-bond acceptors (Lipinski definition) is 6.